The van der Waals surface area contributed by atoms with Crippen LogP contribution in [0.4, 0.5) is 0 Å². The highest BCUT2D eigenvalue weighted by molar-refractivity contribution is 6.31. The van der Waals surface area contributed by atoms with Gasteiger partial charge in [0.15, 0.2) is 5.15 Å². The second-order valence-electron chi connectivity index (χ2n) is 8.86. The zero-order chi connectivity index (χ0) is 26.2. The summed E-state index contributed by atoms with van der Waals surface area (Å²) >= 11 is 18.1. The number of aromatic nitrogens is 3. The number of fused-ring (bicyclic) bond motifs is 3. The number of hydrogen-bond donors (Lipinski definition) is 2. The fourth-order valence-corrected chi connectivity index (χ4v) is 5.17. The van der Waals surface area contributed by atoms with E-state index in [1.54, 1.807) is 36.4 Å². The number of aliphatic hydroxyl groups is 1. The van der Waals surface area contributed by atoms with Gasteiger partial charge in [-0.25, -0.2) is 4.90 Å². The van der Waals surface area contributed by atoms with Gasteiger partial charge in [-0.15, -0.1) is 10.2 Å². The standard InChI is InChI=1S/C28H21Cl3N4O3/c29-17-3-8-20(9-4-17)38-28(36)35-14-13-21-22-15-18(30)5-10-23(22)32-26(21)27(35)16-1-6-19(7-2-16)37-25-12-11-24(31)33-34-25/h1-12,15,27-28,32,36H,13-14H2/t27-,28?/m0/s1. The van der Waals surface area contributed by atoms with Gasteiger partial charge in [0.05, 0.1) is 6.04 Å². The Kier molecular flexibility index (Phi) is 6.86. The van der Waals surface area contributed by atoms with Crippen LogP contribution >= 0.6 is 34.8 Å². The second kappa shape index (κ2) is 10.4. The van der Waals surface area contributed by atoms with E-state index in [1.165, 1.54) is 5.56 Å². The van der Waals surface area contributed by atoms with Crippen molar-refractivity contribution in [3.8, 4) is 17.4 Å². The highest BCUT2D eigenvalue weighted by Gasteiger charge is 2.36. The highest BCUT2D eigenvalue weighted by Crippen LogP contribution is 2.40. The molecule has 0 saturated carbocycles. The van der Waals surface area contributed by atoms with Crippen LogP contribution in [0.5, 0.6) is 17.4 Å². The molecule has 0 spiro atoms. The lowest BCUT2D eigenvalue weighted by Crippen LogP contribution is -2.46. The lowest BCUT2D eigenvalue weighted by molar-refractivity contribution is -0.150. The van der Waals surface area contributed by atoms with Crippen LogP contribution in [0.1, 0.15) is 22.9 Å². The maximum Gasteiger partial charge on any atom is 0.260 e. The van der Waals surface area contributed by atoms with E-state index in [-0.39, 0.29) is 6.04 Å². The molecule has 3 aromatic carbocycles. The van der Waals surface area contributed by atoms with Crippen LogP contribution in [0.2, 0.25) is 15.2 Å². The molecule has 1 aliphatic heterocycles. The van der Waals surface area contributed by atoms with Crippen molar-refractivity contribution in [2.24, 2.45) is 0 Å². The number of halogens is 3. The molecule has 0 radical (unpaired) electrons. The Balaban J connectivity index is 1.35. The molecular formula is C28H21Cl3N4O3. The molecule has 10 heteroatoms. The van der Waals surface area contributed by atoms with E-state index in [2.05, 4.69) is 15.2 Å². The number of aromatic amines is 1. The first kappa shape index (κ1) is 25.0. The van der Waals surface area contributed by atoms with Gasteiger partial charge in [-0.1, -0.05) is 46.9 Å². The van der Waals surface area contributed by atoms with Crippen molar-refractivity contribution in [3.05, 3.63) is 111 Å². The van der Waals surface area contributed by atoms with Gasteiger partial charge in [-0.3, -0.25) is 0 Å². The Bertz CT molecular complexity index is 1570. The van der Waals surface area contributed by atoms with E-state index in [4.69, 9.17) is 44.3 Å². The molecule has 0 bridgehead atoms. The topological polar surface area (TPSA) is 83.5 Å². The average molecular weight is 568 g/mol. The predicted molar refractivity (Wildman–Crippen MR) is 147 cm³/mol. The maximum absolute atomic E-state index is 11.2. The van der Waals surface area contributed by atoms with Crippen molar-refractivity contribution >= 4 is 45.7 Å². The Morgan fingerprint density at radius 2 is 1.61 bits per heavy atom. The van der Waals surface area contributed by atoms with Crippen molar-refractivity contribution < 1.29 is 14.6 Å². The molecule has 3 heterocycles. The minimum absolute atomic E-state index is 0.292. The van der Waals surface area contributed by atoms with Crippen molar-refractivity contribution in [2.45, 2.75) is 18.9 Å². The first-order valence-electron chi connectivity index (χ1n) is 11.9. The minimum atomic E-state index is -1.20. The third kappa shape index (κ3) is 5.04. The molecule has 2 aromatic heterocycles. The third-order valence-corrected chi connectivity index (χ3v) is 7.18. The molecule has 1 unspecified atom stereocenters. The smallest absolute Gasteiger partial charge is 0.260 e. The first-order chi connectivity index (χ1) is 18.4. The molecule has 0 fully saturated rings. The van der Waals surface area contributed by atoms with Gasteiger partial charge in [0, 0.05) is 39.3 Å². The summed E-state index contributed by atoms with van der Waals surface area (Å²) in [5.41, 5.74) is 4.07. The summed E-state index contributed by atoms with van der Waals surface area (Å²) in [7, 11) is 0. The van der Waals surface area contributed by atoms with E-state index in [1.807, 2.05) is 47.4 Å². The quantitative estimate of drug-likeness (QED) is 0.215. The summed E-state index contributed by atoms with van der Waals surface area (Å²) in [5, 5.41) is 21.6. The van der Waals surface area contributed by atoms with Crippen LogP contribution in [0.25, 0.3) is 10.9 Å². The van der Waals surface area contributed by atoms with E-state index < -0.39 is 6.41 Å². The third-order valence-electron chi connectivity index (χ3n) is 6.49. The maximum atomic E-state index is 11.2. The van der Waals surface area contributed by atoms with Gasteiger partial charge >= 0.3 is 0 Å². The SMILES string of the molecule is OC(Oc1ccc(Cl)cc1)N1CCc2c([nH]c3ccc(Cl)cc23)[C@@H]1c1ccc(Oc2ccc(Cl)nn2)cc1. The van der Waals surface area contributed by atoms with E-state index in [9.17, 15) is 5.11 Å². The first-order valence-corrected chi connectivity index (χ1v) is 13.0. The molecule has 1 aliphatic rings. The van der Waals surface area contributed by atoms with Crippen LogP contribution in [-0.4, -0.2) is 38.1 Å². The number of aliphatic hydroxyl groups excluding tert-OH is 1. The molecule has 38 heavy (non-hydrogen) atoms. The van der Waals surface area contributed by atoms with Crippen LogP contribution in [0.3, 0.4) is 0 Å². The van der Waals surface area contributed by atoms with Crippen molar-refractivity contribution in [2.75, 3.05) is 6.54 Å². The molecule has 5 aromatic rings. The van der Waals surface area contributed by atoms with E-state index in [0.29, 0.717) is 45.5 Å². The highest BCUT2D eigenvalue weighted by atomic mass is 35.5. The summed E-state index contributed by atoms with van der Waals surface area (Å²) in [5.74, 6) is 1.44. The fraction of sp³-hybridized carbons (Fsp3) is 0.143. The zero-order valence-corrected chi connectivity index (χ0v) is 22.1. The molecule has 0 amide bonds. The van der Waals surface area contributed by atoms with Crippen LogP contribution in [0.15, 0.2) is 78.9 Å². The molecule has 7 nitrogen and oxygen atoms in total. The van der Waals surface area contributed by atoms with Gasteiger partial charge in [-0.2, -0.15) is 0 Å². The minimum Gasteiger partial charge on any atom is -0.451 e. The summed E-state index contributed by atoms with van der Waals surface area (Å²) in [6, 6.07) is 23.3. The van der Waals surface area contributed by atoms with E-state index >= 15 is 0 Å². The van der Waals surface area contributed by atoms with Gasteiger partial charge in [0.2, 0.25) is 5.88 Å². The fourth-order valence-electron chi connectivity index (χ4n) is 4.78. The van der Waals surface area contributed by atoms with E-state index in [0.717, 1.165) is 22.2 Å². The Hall–Kier alpha value is -3.33. The van der Waals surface area contributed by atoms with Crippen molar-refractivity contribution in [1.29, 1.82) is 0 Å². The van der Waals surface area contributed by atoms with Crippen molar-refractivity contribution in [3.63, 3.8) is 0 Å². The second-order valence-corrected chi connectivity index (χ2v) is 10.1. The molecule has 192 valence electrons. The summed E-state index contributed by atoms with van der Waals surface area (Å²) in [6.07, 6.45) is -0.492. The number of H-pyrrole nitrogens is 1. The zero-order valence-electron chi connectivity index (χ0n) is 19.8. The number of benzene rings is 3. The van der Waals surface area contributed by atoms with Crippen molar-refractivity contribution in [1.82, 2.24) is 20.1 Å². The molecular weight excluding hydrogens is 547 g/mol. The normalized spacial score (nSPS) is 16.3. The van der Waals surface area contributed by atoms with Crippen LogP contribution < -0.4 is 9.47 Å². The van der Waals surface area contributed by atoms with Gasteiger partial charge in [-0.05, 0) is 78.2 Å². The Morgan fingerprint density at radius 3 is 2.34 bits per heavy atom. The summed E-state index contributed by atoms with van der Waals surface area (Å²) in [6.45, 7) is 0.560. The van der Waals surface area contributed by atoms with Crippen LogP contribution in [-0.2, 0) is 6.42 Å². The lowest BCUT2D eigenvalue weighted by Gasteiger charge is -2.38. The lowest BCUT2D eigenvalue weighted by atomic mass is 9.92. The number of nitrogens with zero attached hydrogens (tertiary/aromatic N) is 3. The molecule has 0 aliphatic carbocycles. The summed E-state index contributed by atoms with van der Waals surface area (Å²) in [4.78, 5) is 5.47. The van der Waals surface area contributed by atoms with Crippen LogP contribution in [0, 0.1) is 0 Å². The Morgan fingerprint density at radius 1 is 0.868 bits per heavy atom. The largest absolute Gasteiger partial charge is 0.451 e. The van der Waals surface area contributed by atoms with Gasteiger partial charge in [0.1, 0.15) is 11.5 Å². The number of nitrogens with one attached hydrogen (secondary N) is 1. The molecule has 0 saturated heterocycles. The number of hydrogen-bond acceptors (Lipinski definition) is 6. The average Bonchev–Trinajstić information content (AvgIpc) is 3.29. The Labute approximate surface area is 233 Å². The van der Waals surface area contributed by atoms with Gasteiger partial charge < -0.3 is 19.6 Å². The summed E-state index contributed by atoms with van der Waals surface area (Å²) < 4.78 is 11.7. The molecule has 6 rings (SSSR count). The monoisotopic (exact) mass is 566 g/mol. The number of rotatable bonds is 6. The molecule has 2 N–H and O–H groups in total. The molecule has 2 atom stereocenters. The number of ether oxygens (including phenoxy) is 2. The predicted octanol–water partition coefficient (Wildman–Crippen LogP) is 7.01. The van der Waals surface area contributed by atoms with Gasteiger partial charge in [0.25, 0.3) is 6.41 Å².